The van der Waals surface area contributed by atoms with E-state index in [2.05, 4.69) is 59.9 Å². The zero-order valence-electron chi connectivity index (χ0n) is 20.2. The fourth-order valence-electron chi connectivity index (χ4n) is 2.61. The van der Waals surface area contributed by atoms with Gasteiger partial charge in [-0.1, -0.05) is 84.9 Å². The van der Waals surface area contributed by atoms with Crippen molar-refractivity contribution >= 4 is 0 Å². The fourth-order valence-corrected chi connectivity index (χ4v) is 2.61. The van der Waals surface area contributed by atoms with Gasteiger partial charge < -0.3 is 0 Å². The largest absolute Gasteiger partial charge is 0.203 e. The van der Waals surface area contributed by atoms with Crippen molar-refractivity contribution < 1.29 is 17.6 Å². The first kappa shape index (κ1) is 30.1. The molecule has 0 fully saturated rings. The Morgan fingerprint density at radius 2 is 1.15 bits per heavy atom. The average molecular weight is 461 g/mol. The van der Waals surface area contributed by atoms with E-state index >= 15 is 0 Å². The SMILES string of the molecule is C=CCCC(=C)/C(F)=C(/F)C(=C)C(=C)/C=C\C(=C)C(=C)/C(F)=C(/F)C(=C)C(C)CCC(C)C. The van der Waals surface area contributed by atoms with Gasteiger partial charge in [0.25, 0.3) is 0 Å². The Morgan fingerprint density at radius 3 is 1.58 bits per heavy atom. The summed E-state index contributed by atoms with van der Waals surface area (Å²) in [5, 5.41) is 0. The second-order valence-electron chi connectivity index (χ2n) is 8.43. The molecule has 0 amide bonds. The molecule has 0 aromatic heterocycles. The van der Waals surface area contributed by atoms with E-state index in [0.29, 0.717) is 18.8 Å². The lowest BCUT2D eigenvalue weighted by Crippen LogP contribution is -2.03. The van der Waals surface area contributed by atoms with Gasteiger partial charge in [0.15, 0.2) is 23.3 Å². The highest BCUT2D eigenvalue weighted by Crippen LogP contribution is 2.32. The Hall–Kier alpha value is -2.88. The molecule has 180 valence electrons. The Labute approximate surface area is 197 Å². The Kier molecular flexibility index (Phi) is 13.1. The summed E-state index contributed by atoms with van der Waals surface area (Å²) in [6, 6.07) is 0. The van der Waals surface area contributed by atoms with Crippen molar-refractivity contribution in [2.24, 2.45) is 11.8 Å². The van der Waals surface area contributed by atoms with Gasteiger partial charge in [0.05, 0.1) is 0 Å². The Balaban J connectivity index is 5.36. The number of allylic oxidation sites excluding steroid dienone is 13. The van der Waals surface area contributed by atoms with Crippen molar-refractivity contribution in [2.75, 3.05) is 0 Å². The predicted octanol–water partition coefficient (Wildman–Crippen LogP) is 10.2. The van der Waals surface area contributed by atoms with Crippen LogP contribution in [0.3, 0.4) is 0 Å². The molecule has 0 nitrogen and oxygen atoms in total. The van der Waals surface area contributed by atoms with Gasteiger partial charge >= 0.3 is 0 Å². The van der Waals surface area contributed by atoms with Gasteiger partial charge in [-0.2, -0.15) is 0 Å². The molecule has 1 unspecified atom stereocenters. The quantitative estimate of drug-likeness (QED) is 0.129. The van der Waals surface area contributed by atoms with E-state index in [0.717, 1.165) is 6.42 Å². The van der Waals surface area contributed by atoms with Gasteiger partial charge in [0.2, 0.25) is 0 Å². The average Bonchev–Trinajstić information content (AvgIpc) is 2.80. The molecule has 0 radical (unpaired) electrons. The Bertz CT molecular complexity index is 919. The van der Waals surface area contributed by atoms with Crippen LogP contribution in [0, 0.1) is 11.8 Å². The summed E-state index contributed by atoms with van der Waals surface area (Å²) in [5.74, 6) is -4.32. The molecule has 4 heteroatoms. The monoisotopic (exact) mass is 460 g/mol. The van der Waals surface area contributed by atoms with E-state index in [1.54, 1.807) is 13.0 Å². The summed E-state index contributed by atoms with van der Waals surface area (Å²) in [7, 11) is 0. The normalized spacial score (nSPS) is 13.8. The third-order valence-electron chi connectivity index (χ3n) is 5.19. The van der Waals surface area contributed by atoms with Crippen LogP contribution in [-0.4, -0.2) is 0 Å². The van der Waals surface area contributed by atoms with Crippen molar-refractivity contribution in [3.63, 3.8) is 0 Å². The fraction of sp³-hybridized carbons (Fsp3) is 0.310. The van der Waals surface area contributed by atoms with Crippen LogP contribution < -0.4 is 0 Å². The van der Waals surface area contributed by atoms with Crippen molar-refractivity contribution in [1.29, 1.82) is 0 Å². The van der Waals surface area contributed by atoms with E-state index < -0.39 is 23.3 Å². The summed E-state index contributed by atoms with van der Waals surface area (Å²) in [6.07, 6.45) is 6.35. The lowest BCUT2D eigenvalue weighted by Gasteiger charge is -2.16. The molecule has 0 aliphatic carbocycles. The molecule has 0 aromatic rings. The molecule has 0 saturated heterocycles. The summed E-state index contributed by atoms with van der Waals surface area (Å²) >= 11 is 0. The smallest absolute Gasteiger partial charge is 0.166 e. The molecular formula is C29H36F4. The second-order valence-corrected chi connectivity index (χ2v) is 8.43. The van der Waals surface area contributed by atoms with Gasteiger partial charge in [-0.25, -0.2) is 17.6 Å². The van der Waals surface area contributed by atoms with Gasteiger partial charge in [-0.05, 0) is 53.4 Å². The van der Waals surface area contributed by atoms with Crippen LogP contribution >= 0.6 is 0 Å². The first-order chi connectivity index (χ1) is 15.3. The molecule has 0 heterocycles. The summed E-state index contributed by atoms with van der Waals surface area (Å²) in [6.45, 7) is 31.0. The highest BCUT2D eigenvalue weighted by atomic mass is 19.2. The van der Waals surface area contributed by atoms with Gasteiger partial charge in [0, 0.05) is 11.1 Å². The molecule has 33 heavy (non-hydrogen) atoms. The lowest BCUT2D eigenvalue weighted by atomic mass is 9.92. The third kappa shape index (κ3) is 9.65. The highest BCUT2D eigenvalue weighted by Gasteiger charge is 2.19. The minimum Gasteiger partial charge on any atom is -0.203 e. The Morgan fingerprint density at radius 1 is 0.697 bits per heavy atom. The molecule has 0 bridgehead atoms. The van der Waals surface area contributed by atoms with Crippen LogP contribution in [0.15, 0.2) is 121 Å². The van der Waals surface area contributed by atoms with E-state index in [1.165, 1.54) is 12.2 Å². The van der Waals surface area contributed by atoms with Crippen LogP contribution in [0.5, 0.6) is 0 Å². The third-order valence-corrected chi connectivity index (χ3v) is 5.19. The summed E-state index contributed by atoms with van der Waals surface area (Å²) < 4.78 is 57.8. The molecule has 0 rings (SSSR count). The van der Waals surface area contributed by atoms with E-state index in [-0.39, 0.29) is 45.8 Å². The van der Waals surface area contributed by atoms with Crippen LogP contribution in [0.25, 0.3) is 0 Å². The maximum Gasteiger partial charge on any atom is 0.166 e. The highest BCUT2D eigenvalue weighted by molar-refractivity contribution is 5.54. The molecule has 0 aromatic carbocycles. The first-order valence-corrected chi connectivity index (χ1v) is 10.8. The van der Waals surface area contributed by atoms with Crippen LogP contribution in [0.2, 0.25) is 0 Å². The molecule has 0 aliphatic heterocycles. The second kappa shape index (κ2) is 14.3. The summed E-state index contributed by atoms with van der Waals surface area (Å²) in [4.78, 5) is 0. The number of hydrogen-bond donors (Lipinski definition) is 0. The molecule has 0 aliphatic rings. The molecule has 0 N–H and O–H groups in total. The van der Waals surface area contributed by atoms with Gasteiger partial charge in [-0.15, -0.1) is 6.58 Å². The zero-order chi connectivity index (χ0) is 25.9. The maximum atomic E-state index is 14.6. The molecule has 1 atom stereocenters. The standard InChI is InChI=1S/C29H36F4/c1-11-12-13-22(7)26(30)27(31)23(8)20(5)16-17-21(6)25(10)29(33)28(32)24(9)19(4)15-14-18(2)3/h11,16-19H,1,5-10,12-15H2,2-4H3/b17-16-,27-26-,29-28-. The minimum absolute atomic E-state index is 0.0198. The van der Waals surface area contributed by atoms with Crippen molar-refractivity contribution in [3.05, 3.63) is 121 Å². The zero-order valence-corrected chi connectivity index (χ0v) is 20.2. The lowest BCUT2D eigenvalue weighted by molar-refractivity contribution is 0.468. The number of hydrogen-bond acceptors (Lipinski definition) is 0. The molecular weight excluding hydrogens is 424 g/mol. The van der Waals surface area contributed by atoms with Crippen LogP contribution in [0.1, 0.15) is 46.5 Å². The first-order valence-electron chi connectivity index (χ1n) is 10.8. The summed E-state index contributed by atoms with van der Waals surface area (Å²) in [5.41, 5.74) is -0.461. The minimum atomic E-state index is -1.19. The van der Waals surface area contributed by atoms with Crippen LogP contribution in [-0.2, 0) is 0 Å². The van der Waals surface area contributed by atoms with Gasteiger partial charge in [0.1, 0.15) is 0 Å². The van der Waals surface area contributed by atoms with Crippen molar-refractivity contribution in [2.45, 2.75) is 46.5 Å². The van der Waals surface area contributed by atoms with Crippen molar-refractivity contribution in [3.8, 4) is 0 Å². The maximum absolute atomic E-state index is 14.6. The van der Waals surface area contributed by atoms with Gasteiger partial charge in [-0.3, -0.25) is 0 Å². The van der Waals surface area contributed by atoms with Crippen LogP contribution in [0.4, 0.5) is 17.6 Å². The van der Waals surface area contributed by atoms with Crippen molar-refractivity contribution in [1.82, 2.24) is 0 Å². The topological polar surface area (TPSA) is 0 Å². The number of halogens is 4. The molecule has 0 spiro atoms. The van der Waals surface area contributed by atoms with E-state index in [9.17, 15) is 17.6 Å². The molecule has 0 saturated carbocycles. The van der Waals surface area contributed by atoms with E-state index in [4.69, 9.17) is 0 Å². The predicted molar refractivity (Wildman–Crippen MR) is 135 cm³/mol. The van der Waals surface area contributed by atoms with E-state index in [1.807, 2.05) is 0 Å². The number of rotatable bonds is 15.